The topological polar surface area (TPSA) is 20.2 Å². The fourth-order valence-corrected chi connectivity index (χ4v) is 2.90. The minimum absolute atomic E-state index is 0.00168. The fourth-order valence-electron chi connectivity index (χ4n) is 2.90. The number of aliphatic hydroxyl groups excluding tert-OH is 1. The third-order valence-electron chi connectivity index (χ3n) is 3.84. The number of alkyl halides is 3. The van der Waals surface area contributed by atoms with Crippen molar-refractivity contribution in [2.24, 2.45) is 0 Å². The van der Waals surface area contributed by atoms with E-state index in [1.54, 1.807) is 0 Å². The van der Waals surface area contributed by atoms with Gasteiger partial charge in [-0.05, 0) is 43.2 Å². The molecule has 1 nitrogen and oxygen atoms in total. The number of hydrogen-bond acceptors (Lipinski definition) is 1. The summed E-state index contributed by atoms with van der Waals surface area (Å²) in [5.74, 6) is -0.00168. The maximum Gasteiger partial charge on any atom is 0.389 e. The van der Waals surface area contributed by atoms with Gasteiger partial charge in [0.1, 0.15) is 0 Å². The van der Waals surface area contributed by atoms with Gasteiger partial charge in [0, 0.05) is 12.3 Å². The highest BCUT2D eigenvalue weighted by atomic mass is 19.4. The van der Waals surface area contributed by atoms with Crippen molar-refractivity contribution in [1.29, 1.82) is 0 Å². The average Bonchev–Trinajstić information content (AvgIpc) is 2.36. The molecule has 1 aromatic rings. The molecular formula is C15H19F3O. The summed E-state index contributed by atoms with van der Waals surface area (Å²) < 4.78 is 36.3. The van der Waals surface area contributed by atoms with Crippen LogP contribution in [0.4, 0.5) is 13.2 Å². The van der Waals surface area contributed by atoms with Gasteiger partial charge in [0.25, 0.3) is 0 Å². The predicted molar refractivity (Wildman–Crippen MR) is 68.0 cm³/mol. The number of aryl methyl sites for hydroxylation is 1. The molecule has 1 aromatic carbocycles. The Morgan fingerprint density at radius 2 is 2.00 bits per heavy atom. The Hall–Kier alpha value is -1.03. The van der Waals surface area contributed by atoms with Crippen LogP contribution in [0.1, 0.15) is 49.1 Å². The lowest BCUT2D eigenvalue weighted by atomic mass is 9.78. The number of benzene rings is 1. The average molecular weight is 272 g/mol. The third kappa shape index (κ3) is 3.96. The molecule has 0 amide bonds. The molecule has 0 bridgehead atoms. The quantitative estimate of drug-likeness (QED) is 0.871. The van der Waals surface area contributed by atoms with Crippen molar-refractivity contribution in [3.8, 4) is 0 Å². The van der Waals surface area contributed by atoms with Crippen molar-refractivity contribution in [1.82, 2.24) is 0 Å². The Morgan fingerprint density at radius 1 is 1.26 bits per heavy atom. The highest BCUT2D eigenvalue weighted by Crippen LogP contribution is 2.35. The molecule has 2 unspecified atom stereocenters. The van der Waals surface area contributed by atoms with Crippen molar-refractivity contribution >= 4 is 0 Å². The zero-order valence-electron chi connectivity index (χ0n) is 10.8. The van der Waals surface area contributed by atoms with Crippen LogP contribution in [0.3, 0.4) is 0 Å². The maximum atomic E-state index is 12.1. The zero-order chi connectivity index (χ0) is 13.9. The maximum absolute atomic E-state index is 12.1. The predicted octanol–water partition coefficient (Wildman–Crippen LogP) is 4.20. The summed E-state index contributed by atoms with van der Waals surface area (Å²) >= 11 is 0. The van der Waals surface area contributed by atoms with Crippen molar-refractivity contribution in [3.05, 3.63) is 35.4 Å². The van der Waals surface area contributed by atoms with E-state index in [1.807, 2.05) is 24.3 Å². The van der Waals surface area contributed by atoms with E-state index in [1.165, 1.54) is 5.56 Å². The molecule has 2 rings (SSSR count). The summed E-state index contributed by atoms with van der Waals surface area (Å²) in [6.45, 7) is 0. The molecule has 0 spiro atoms. The largest absolute Gasteiger partial charge is 0.392 e. The molecule has 0 radical (unpaired) electrons. The molecule has 0 saturated carbocycles. The summed E-state index contributed by atoms with van der Waals surface area (Å²) in [6, 6.07) is 7.94. The second-order valence-corrected chi connectivity index (χ2v) is 5.27. The minimum atomic E-state index is -4.12. The lowest BCUT2D eigenvalue weighted by Gasteiger charge is -2.29. The van der Waals surface area contributed by atoms with Crippen LogP contribution in [-0.2, 0) is 6.42 Å². The molecule has 0 aliphatic heterocycles. The van der Waals surface area contributed by atoms with Gasteiger partial charge in [-0.15, -0.1) is 0 Å². The van der Waals surface area contributed by atoms with Crippen molar-refractivity contribution in [3.63, 3.8) is 0 Å². The molecule has 19 heavy (non-hydrogen) atoms. The van der Waals surface area contributed by atoms with E-state index in [4.69, 9.17) is 0 Å². The van der Waals surface area contributed by atoms with Crippen LogP contribution in [0.15, 0.2) is 24.3 Å². The van der Waals surface area contributed by atoms with Gasteiger partial charge in [0.05, 0.1) is 6.10 Å². The van der Waals surface area contributed by atoms with Gasteiger partial charge in [-0.1, -0.05) is 24.3 Å². The lowest BCUT2D eigenvalue weighted by Crippen LogP contribution is -2.23. The fraction of sp³-hybridized carbons (Fsp3) is 0.600. The summed E-state index contributed by atoms with van der Waals surface area (Å²) in [5, 5.41) is 10.2. The SMILES string of the molecule is OC(CCCC(F)(F)F)C1CCCc2ccccc21. The van der Waals surface area contributed by atoms with E-state index >= 15 is 0 Å². The smallest absolute Gasteiger partial charge is 0.389 e. The van der Waals surface area contributed by atoms with Gasteiger partial charge in [0.15, 0.2) is 0 Å². The second-order valence-electron chi connectivity index (χ2n) is 5.27. The Kier molecular flexibility index (Phi) is 4.50. The Morgan fingerprint density at radius 3 is 2.74 bits per heavy atom. The number of hydrogen-bond donors (Lipinski definition) is 1. The number of halogens is 3. The monoisotopic (exact) mass is 272 g/mol. The van der Waals surface area contributed by atoms with Crippen LogP contribution in [-0.4, -0.2) is 17.4 Å². The first-order chi connectivity index (χ1) is 8.97. The highest BCUT2D eigenvalue weighted by Gasteiger charge is 2.29. The minimum Gasteiger partial charge on any atom is -0.392 e. The number of rotatable bonds is 4. The Bertz CT molecular complexity index is 414. The van der Waals surface area contributed by atoms with Crippen LogP contribution in [0.2, 0.25) is 0 Å². The van der Waals surface area contributed by atoms with Gasteiger partial charge >= 0.3 is 6.18 Å². The molecule has 0 aromatic heterocycles. The molecule has 0 fully saturated rings. The molecule has 4 heteroatoms. The van der Waals surface area contributed by atoms with Crippen molar-refractivity contribution in [2.75, 3.05) is 0 Å². The zero-order valence-corrected chi connectivity index (χ0v) is 10.8. The number of aliphatic hydroxyl groups is 1. The molecule has 0 saturated heterocycles. The first kappa shape index (κ1) is 14.4. The van der Waals surface area contributed by atoms with Crippen molar-refractivity contribution < 1.29 is 18.3 Å². The summed E-state index contributed by atoms with van der Waals surface area (Å²) in [4.78, 5) is 0. The first-order valence-corrected chi connectivity index (χ1v) is 6.80. The first-order valence-electron chi connectivity index (χ1n) is 6.80. The summed E-state index contributed by atoms with van der Waals surface area (Å²) in [6.07, 6.45) is -2.50. The van der Waals surface area contributed by atoms with Gasteiger partial charge in [-0.2, -0.15) is 13.2 Å². The molecule has 0 heterocycles. The van der Waals surface area contributed by atoms with Crippen LogP contribution in [0.5, 0.6) is 0 Å². The van der Waals surface area contributed by atoms with E-state index in [2.05, 4.69) is 0 Å². The van der Waals surface area contributed by atoms with Gasteiger partial charge in [-0.3, -0.25) is 0 Å². The molecule has 106 valence electrons. The van der Waals surface area contributed by atoms with Gasteiger partial charge < -0.3 is 5.11 Å². The van der Waals surface area contributed by atoms with Crippen LogP contribution in [0, 0.1) is 0 Å². The van der Waals surface area contributed by atoms with E-state index in [0.29, 0.717) is 0 Å². The summed E-state index contributed by atoms with van der Waals surface area (Å²) in [5.41, 5.74) is 2.35. The normalized spacial score (nSPS) is 20.9. The molecule has 1 N–H and O–H groups in total. The Labute approximate surface area is 111 Å². The third-order valence-corrected chi connectivity index (χ3v) is 3.84. The highest BCUT2D eigenvalue weighted by molar-refractivity contribution is 5.33. The second kappa shape index (κ2) is 5.95. The summed E-state index contributed by atoms with van der Waals surface area (Å²) in [7, 11) is 0. The molecule has 2 atom stereocenters. The van der Waals surface area contributed by atoms with E-state index < -0.39 is 18.7 Å². The molecule has 1 aliphatic rings. The van der Waals surface area contributed by atoms with Crippen LogP contribution >= 0.6 is 0 Å². The van der Waals surface area contributed by atoms with Gasteiger partial charge in [-0.25, -0.2) is 0 Å². The van der Waals surface area contributed by atoms with Crippen molar-refractivity contribution in [2.45, 2.75) is 56.7 Å². The lowest BCUT2D eigenvalue weighted by molar-refractivity contribution is -0.136. The van der Waals surface area contributed by atoms with E-state index in [0.717, 1.165) is 24.8 Å². The Balaban J connectivity index is 1.95. The standard InChI is InChI=1S/C15H19F3O/c16-15(17,18)10-4-9-14(19)13-8-3-6-11-5-1-2-7-12(11)13/h1-2,5,7,13-14,19H,3-4,6,8-10H2. The van der Waals surface area contributed by atoms with E-state index in [-0.39, 0.29) is 18.8 Å². The van der Waals surface area contributed by atoms with E-state index in [9.17, 15) is 18.3 Å². The van der Waals surface area contributed by atoms with Crippen LogP contribution < -0.4 is 0 Å². The van der Waals surface area contributed by atoms with Crippen LogP contribution in [0.25, 0.3) is 0 Å². The number of fused-ring (bicyclic) bond motifs is 1. The molecular weight excluding hydrogens is 253 g/mol. The van der Waals surface area contributed by atoms with Gasteiger partial charge in [0.2, 0.25) is 0 Å². The molecule has 1 aliphatic carbocycles.